The number of fused-ring (bicyclic) bond motifs is 1. The van der Waals surface area contributed by atoms with Gasteiger partial charge in [-0.2, -0.15) is 5.10 Å². The second-order valence-electron chi connectivity index (χ2n) is 2.71. The van der Waals surface area contributed by atoms with Crippen molar-refractivity contribution in [3.8, 4) is 0 Å². The summed E-state index contributed by atoms with van der Waals surface area (Å²) < 4.78 is 0. The molecule has 0 spiro atoms. The molecule has 0 unspecified atom stereocenters. The third kappa shape index (κ3) is 0.827. The van der Waals surface area contributed by atoms with Crippen LogP contribution in [0.5, 0.6) is 0 Å². The van der Waals surface area contributed by atoms with Crippen molar-refractivity contribution >= 4 is 17.0 Å². The molecule has 0 radical (unpaired) electrons. The number of nitrogen functional groups attached to an aromatic ring is 1. The lowest BCUT2D eigenvalue weighted by Crippen LogP contribution is -1.97. The van der Waals surface area contributed by atoms with E-state index < -0.39 is 0 Å². The van der Waals surface area contributed by atoms with E-state index in [1.165, 1.54) is 0 Å². The fourth-order valence-electron chi connectivity index (χ4n) is 1.18. The lowest BCUT2D eigenvalue weighted by atomic mass is 10.3. The van der Waals surface area contributed by atoms with E-state index in [1.807, 2.05) is 13.8 Å². The molecule has 5 nitrogen and oxygen atoms in total. The van der Waals surface area contributed by atoms with Crippen LogP contribution in [0.2, 0.25) is 0 Å². The van der Waals surface area contributed by atoms with Crippen LogP contribution >= 0.6 is 0 Å². The predicted molar refractivity (Wildman–Crippen MR) is 45.6 cm³/mol. The second-order valence-corrected chi connectivity index (χ2v) is 2.71. The fourth-order valence-corrected chi connectivity index (χ4v) is 1.18. The zero-order valence-corrected chi connectivity index (χ0v) is 6.92. The molecular weight excluding hydrogens is 154 g/mol. The number of H-pyrrole nitrogens is 1. The molecule has 2 aromatic heterocycles. The SMILES string of the molecule is Cc1nc(N)nc2c(C)[nH]nc12. The van der Waals surface area contributed by atoms with Gasteiger partial charge in [-0.1, -0.05) is 0 Å². The highest BCUT2D eigenvalue weighted by Crippen LogP contribution is 2.15. The van der Waals surface area contributed by atoms with Gasteiger partial charge in [0.05, 0.1) is 11.4 Å². The molecule has 3 N–H and O–H groups in total. The third-order valence-corrected chi connectivity index (χ3v) is 1.77. The molecule has 5 heteroatoms. The molecule has 0 amide bonds. The minimum atomic E-state index is 0.296. The summed E-state index contributed by atoms with van der Waals surface area (Å²) in [5.74, 6) is 0.296. The highest BCUT2D eigenvalue weighted by atomic mass is 15.1. The minimum Gasteiger partial charge on any atom is -0.368 e. The average molecular weight is 163 g/mol. The van der Waals surface area contributed by atoms with Gasteiger partial charge in [-0.25, -0.2) is 9.97 Å². The van der Waals surface area contributed by atoms with Crippen LogP contribution < -0.4 is 5.73 Å². The Labute approximate surface area is 69.0 Å². The predicted octanol–water partition coefficient (Wildman–Crippen LogP) is 0.552. The highest BCUT2D eigenvalue weighted by Gasteiger charge is 2.07. The first-order chi connectivity index (χ1) is 5.68. The van der Waals surface area contributed by atoms with Crippen LogP contribution in [0.25, 0.3) is 11.0 Å². The van der Waals surface area contributed by atoms with Crippen LogP contribution in [-0.4, -0.2) is 20.2 Å². The third-order valence-electron chi connectivity index (χ3n) is 1.77. The molecule has 0 saturated carbocycles. The summed E-state index contributed by atoms with van der Waals surface area (Å²) in [5, 5.41) is 6.89. The van der Waals surface area contributed by atoms with Crippen LogP contribution in [0.1, 0.15) is 11.4 Å². The molecule has 2 rings (SSSR count). The Morgan fingerprint density at radius 1 is 1.17 bits per heavy atom. The summed E-state index contributed by atoms with van der Waals surface area (Å²) >= 11 is 0. The number of hydrogen-bond acceptors (Lipinski definition) is 4. The molecule has 2 heterocycles. The van der Waals surface area contributed by atoms with Gasteiger partial charge in [-0.05, 0) is 13.8 Å². The molecule has 62 valence electrons. The van der Waals surface area contributed by atoms with Crippen molar-refractivity contribution in [3.05, 3.63) is 11.4 Å². The number of anilines is 1. The molecule has 12 heavy (non-hydrogen) atoms. The van der Waals surface area contributed by atoms with Crippen molar-refractivity contribution in [1.82, 2.24) is 20.2 Å². The van der Waals surface area contributed by atoms with Crippen LogP contribution in [0.4, 0.5) is 5.95 Å². The topological polar surface area (TPSA) is 80.5 Å². The van der Waals surface area contributed by atoms with Gasteiger partial charge in [0.1, 0.15) is 11.0 Å². The van der Waals surface area contributed by atoms with Crippen molar-refractivity contribution in [1.29, 1.82) is 0 Å². The molecular formula is C7H9N5. The van der Waals surface area contributed by atoms with Gasteiger partial charge in [0.25, 0.3) is 0 Å². The number of aryl methyl sites for hydroxylation is 2. The summed E-state index contributed by atoms with van der Waals surface area (Å²) in [6.07, 6.45) is 0. The number of aromatic nitrogens is 4. The van der Waals surface area contributed by atoms with Crippen molar-refractivity contribution in [3.63, 3.8) is 0 Å². The smallest absolute Gasteiger partial charge is 0.220 e. The van der Waals surface area contributed by atoms with Gasteiger partial charge in [0, 0.05) is 0 Å². The van der Waals surface area contributed by atoms with Gasteiger partial charge in [-0.3, -0.25) is 5.10 Å². The zero-order valence-electron chi connectivity index (χ0n) is 6.92. The molecule has 0 aliphatic heterocycles. The quantitative estimate of drug-likeness (QED) is 0.594. The van der Waals surface area contributed by atoms with E-state index in [9.17, 15) is 0 Å². The van der Waals surface area contributed by atoms with E-state index in [2.05, 4.69) is 20.2 Å². The molecule has 0 saturated heterocycles. The Hall–Kier alpha value is -1.65. The normalized spacial score (nSPS) is 10.8. The maximum Gasteiger partial charge on any atom is 0.220 e. The number of aromatic amines is 1. The number of nitrogens with two attached hydrogens (primary N) is 1. The number of nitrogens with zero attached hydrogens (tertiary/aromatic N) is 3. The lowest BCUT2D eigenvalue weighted by molar-refractivity contribution is 1.06. The Bertz CT molecular complexity index is 431. The first-order valence-electron chi connectivity index (χ1n) is 3.63. The van der Waals surface area contributed by atoms with Crippen molar-refractivity contribution in [2.75, 3.05) is 5.73 Å². The number of hydrogen-bond donors (Lipinski definition) is 2. The van der Waals surface area contributed by atoms with E-state index in [0.717, 1.165) is 22.4 Å². The maximum atomic E-state index is 5.49. The monoisotopic (exact) mass is 163 g/mol. The first-order valence-corrected chi connectivity index (χ1v) is 3.63. The van der Waals surface area contributed by atoms with Crippen LogP contribution in [0.15, 0.2) is 0 Å². The number of nitrogens with one attached hydrogen (secondary N) is 1. The minimum absolute atomic E-state index is 0.296. The van der Waals surface area contributed by atoms with Crippen LogP contribution in [0.3, 0.4) is 0 Å². The second kappa shape index (κ2) is 2.17. The van der Waals surface area contributed by atoms with Gasteiger partial charge in [-0.15, -0.1) is 0 Å². The Morgan fingerprint density at radius 2 is 1.92 bits per heavy atom. The van der Waals surface area contributed by atoms with Gasteiger partial charge in [0.15, 0.2) is 0 Å². The molecule has 0 atom stereocenters. The standard InChI is InChI=1S/C7H9N5/c1-3-6-5(4(2)11-12-6)10-7(8)9-3/h1-2H3,(H,11,12)(H2,8,9,10). The van der Waals surface area contributed by atoms with Gasteiger partial charge >= 0.3 is 0 Å². The summed E-state index contributed by atoms with van der Waals surface area (Å²) in [7, 11) is 0. The molecule has 0 fully saturated rings. The molecule has 0 bridgehead atoms. The maximum absolute atomic E-state index is 5.49. The Balaban J connectivity index is 2.92. The highest BCUT2D eigenvalue weighted by molar-refractivity contribution is 5.79. The summed E-state index contributed by atoms with van der Waals surface area (Å²) in [6.45, 7) is 3.77. The zero-order chi connectivity index (χ0) is 8.72. The average Bonchev–Trinajstić information content (AvgIpc) is 2.33. The molecule has 0 aliphatic rings. The summed E-state index contributed by atoms with van der Waals surface area (Å²) in [5.41, 5.74) is 8.81. The summed E-state index contributed by atoms with van der Waals surface area (Å²) in [6, 6.07) is 0. The Kier molecular flexibility index (Phi) is 1.27. The first kappa shape index (κ1) is 7.02. The van der Waals surface area contributed by atoms with Crippen LogP contribution in [0, 0.1) is 13.8 Å². The molecule has 0 aromatic carbocycles. The van der Waals surface area contributed by atoms with Gasteiger partial charge < -0.3 is 5.73 Å². The fraction of sp³-hybridized carbons (Fsp3) is 0.286. The van der Waals surface area contributed by atoms with Crippen molar-refractivity contribution < 1.29 is 0 Å². The van der Waals surface area contributed by atoms with Gasteiger partial charge in [0.2, 0.25) is 5.95 Å². The largest absolute Gasteiger partial charge is 0.368 e. The summed E-state index contributed by atoms with van der Waals surface area (Å²) in [4.78, 5) is 8.07. The molecule has 2 aromatic rings. The van der Waals surface area contributed by atoms with E-state index >= 15 is 0 Å². The van der Waals surface area contributed by atoms with E-state index in [0.29, 0.717) is 5.95 Å². The Morgan fingerprint density at radius 3 is 2.67 bits per heavy atom. The van der Waals surface area contributed by atoms with E-state index in [4.69, 9.17) is 5.73 Å². The van der Waals surface area contributed by atoms with E-state index in [-0.39, 0.29) is 0 Å². The van der Waals surface area contributed by atoms with Crippen LogP contribution in [-0.2, 0) is 0 Å². The van der Waals surface area contributed by atoms with Crippen molar-refractivity contribution in [2.24, 2.45) is 0 Å². The molecule has 0 aliphatic carbocycles. The lowest BCUT2D eigenvalue weighted by Gasteiger charge is -1.95. The van der Waals surface area contributed by atoms with E-state index in [1.54, 1.807) is 0 Å². The number of rotatable bonds is 0. The van der Waals surface area contributed by atoms with Crippen molar-refractivity contribution in [2.45, 2.75) is 13.8 Å².